The molecule has 0 radical (unpaired) electrons. The Morgan fingerprint density at radius 3 is 2.68 bits per heavy atom. The number of nitrogens with zero attached hydrogens (tertiary/aromatic N) is 3. The van der Waals surface area contributed by atoms with Crippen LogP contribution in [0.1, 0.15) is 29.3 Å². The van der Waals surface area contributed by atoms with E-state index in [1.165, 1.54) is 5.56 Å². The second-order valence-corrected chi connectivity index (χ2v) is 8.13. The molecule has 1 aromatic heterocycles. The Balaban J connectivity index is 1.75. The number of anilines is 1. The van der Waals surface area contributed by atoms with Crippen molar-refractivity contribution in [3.63, 3.8) is 0 Å². The van der Waals surface area contributed by atoms with E-state index in [2.05, 4.69) is 44.5 Å². The molecule has 1 aliphatic rings. The van der Waals surface area contributed by atoms with E-state index in [-0.39, 0.29) is 6.04 Å². The predicted molar refractivity (Wildman–Crippen MR) is 109 cm³/mol. The van der Waals surface area contributed by atoms with Crippen molar-refractivity contribution in [1.82, 2.24) is 4.98 Å². The van der Waals surface area contributed by atoms with Crippen LogP contribution in [0.4, 0.5) is 5.13 Å². The Bertz CT molecular complexity index is 936. The van der Waals surface area contributed by atoms with Gasteiger partial charge in [-0.1, -0.05) is 51.8 Å². The molecular formula is C19H15BrClN3S. The van der Waals surface area contributed by atoms with Crippen LogP contribution < -0.4 is 5.01 Å². The van der Waals surface area contributed by atoms with Crippen molar-refractivity contribution in [3.8, 4) is 0 Å². The molecule has 0 saturated carbocycles. The molecule has 0 bridgehead atoms. The highest BCUT2D eigenvalue weighted by Crippen LogP contribution is 2.38. The molecule has 25 heavy (non-hydrogen) atoms. The van der Waals surface area contributed by atoms with Crippen molar-refractivity contribution < 1.29 is 0 Å². The van der Waals surface area contributed by atoms with E-state index < -0.39 is 0 Å². The van der Waals surface area contributed by atoms with Gasteiger partial charge in [0.1, 0.15) is 0 Å². The molecule has 0 unspecified atom stereocenters. The highest BCUT2D eigenvalue weighted by Gasteiger charge is 2.31. The lowest BCUT2D eigenvalue weighted by atomic mass is 9.99. The van der Waals surface area contributed by atoms with Gasteiger partial charge >= 0.3 is 0 Å². The third kappa shape index (κ3) is 3.50. The Hall–Kier alpha value is -1.69. The van der Waals surface area contributed by atoms with Crippen LogP contribution in [0.5, 0.6) is 0 Å². The van der Waals surface area contributed by atoms with Crippen molar-refractivity contribution in [2.24, 2.45) is 5.10 Å². The van der Waals surface area contributed by atoms with E-state index in [1.807, 2.05) is 42.3 Å². The number of thiazole rings is 1. The van der Waals surface area contributed by atoms with Crippen molar-refractivity contribution in [2.45, 2.75) is 19.4 Å². The average Bonchev–Trinajstić information content (AvgIpc) is 3.22. The van der Waals surface area contributed by atoms with Crippen LogP contribution in [0.2, 0.25) is 5.02 Å². The maximum absolute atomic E-state index is 6.02. The zero-order valence-corrected chi connectivity index (χ0v) is 16.6. The zero-order chi connectivity index (χ0) is 17.4. The van der Waals surface area contributed by atoms with Crippen LogP contribution in [0.15, 0.2) is 63.5 Å². The maximum atomic E-state index is 6.02. The molecule has 1 aliphatic heterocycles. The van der Waals surface area contributed by atoms with Crippen LogP contribution >= 0.6 is 38.9 Å². The van der Waals surface area contributed by atoms with Gasteiger partial charge in [-0.25, -0.2) is 9.99 Å². The fraction of sp³-hybridized carbons (Fsp3) is 0.158. The number of hydrogen-bond acceptors (Lipinski definition) is 4. The summed E-state index contributed by atoms with van der Waals surface area (Å²) in [5.74, 6) is 0. The van der Waals surface area contributed by atoms with E-state index in [0.29, 0.717) is 0 Å². The predicted octanol–water partition coefficient (Wildman–Crippen LogP) is 6.22. The first-order valence-corrected chi connectivity index (χ1v) is 9.95. The summed E-state index contributed by atoms with van der Waals surface area (Å²) in [5.41, 5.74) is 4.38. The number of aromatic nitrogens is 1. The van der Waals surface area contributed by atoms with Gasteiger partial charge in [0.05, 0.1) is 17.4 Å². The molecule has 0 fully saturated rings. The van der Waals surface area contributed by atoms with E-state index in [1.54, 1.807) is 11.3 Å². The number of hydrazone groups is 1. The Labute approximate surface area is 164 Å². The lowest BCUT2D eigenvalue weighted by Crippen LogP contribution is -2.18. The fourth-order valence-electron chi connectivity index (χ4n) is 2.92. The third-order valence-electron chi connectivity index (χ3n) is 4.12. The minimum Gasteiger partial charge on any atom is -0.231 e. The molecule has 1 atom stereocenters. The highest BCUT2D eigenvalue weighted by molar-refractivity contribution is 9.10. The summed E-state index contributed by atoms with van der Waals surface area (Å²) in [6.45, 7) is 2.01. The molecule has 2 heterocycles. The van der Waals surface area contributed by atoms with Gasteiger partial charge in [0.15, 0.2) is 0 Å². The molecule has 0 saturated heterocycles. The molecule has 0 amide bonds. The number of hydrogen-bond donors (Lipinski definition) is 0. The fourth-order valence-corrected chi connectivity index (χ4v) is 4.27. The van der Waals surface area contributed by atoms with Crippen LogP contribution in [-0.4, -0.2) is 10.7 Å². The molecule has 3 aromatic rings. The topological polar surface area (TPSA) is 28.5 Å². The van der Waals surface area contributed by atoms with Gasteiger partial charge in [-0.05, 0) is 42.3 Å². The zero-order valence-electron chi connectivity index (χ0n) is 13.5. The molecule has 0 N–H and O–H groups in total. The number of rotatable bonds is 3. The van der Waals surface area contributed by atoms with Gasteiger partial charge in [0.25, 0.3) is 0 Å². The minimum absolute atomic E-state index is 0.133. The van der Waals surface area contributed by atoms with Crippen molar-refractivity contribution in [1.29, 1.82) is 0 Å². The van der Waals surface area contributed by atoms with Crippen LogP contribution in [0, 0.1) is 6.92 Å². The molecule has 0 spiro atoms. The lowest BCUT2D eigenvalue weighted by molar-refractivity contribution is 0.705. The van der Waals surface area contributed by atoms with Gasteiger partial charge in [-0.15, -0.1) is 11.3 Å². The first kappa shape index (κ1) is 16.8. The summed E-state index contributed by atoms with van der Waals surface area (Å²) in [7, 11) is 0. The van der Waals surface area contributed by atoms with Crippen molar-refractivity contribution in [2.75, 3.05) is 5.01 Å². The lowest BCUT2D eigenvalue weighted by Gasteiger charge is -2.21. The van der Waals surface area contributed by atoms with Crippen LogP contribution in [-0.2, 0) is 0 Å². The normalized spacial score (nSPS) is 17.0. The van der Waals surface area contributed by atoms with Crippen molar-refractivity contribution >= 4 is 49.7 Å². The number of aryl methyl sites for hydroxylation is 1. The molecule has 6 heteroatoms. The minimum atomic E-state index is 0.133. The first-order valence-electron chi connectivity index (χ1n) is 7.90. The van der Waals surface area contributed by atoms with Gasteiger partial charge in [0.2, 0.25) is 5.13 Å². The average molecular weight is 433 g/mol. The standard InChI is InChI=1S/C19H15BrClN3S/c1-12-11-25-19(22-12)24-18(14-3-2-4-15(20)9-14)10-17(23-24)13-5-7-16(21)8-6-13/h2-9,11,18H,10H2,1H3/t18-/m1/s1. The molecule has 4 rings (SSSR count). The molecule has 126 valence electrons. The van der Waals surface area contributed by atoms with Gasteiger partial charge in [0, 0.05) is 21.3 Å². The third-order valence-corrected chi connectivity index (χ3v) is 5.82. The number of benzene rings is 2. The second-order valence-electron chi connectivity index (χ2n) is 5.94. The SMILES string of the molecule is Cc1csc(N2N=C(c3ccc(Cl)cc3)C[C@@H]2c2cccc(Br)c2)n1. The summed E-state index contributed by atoms with van der Waals surface area (Å²) < 4.78 is 1.07. The number of halogens is 2. The summed E-state index contributed by atoms with van der Waals surface area (Å²) in [5, 5.41) is 10.7. The highest BCUT2D eigenvalue weighted by atomic mass is 79.9. The Morgan fingerprint density at radius 2 is 2.00 bits per heavy atom. The molecule has 0 aliphatic carbocycles. The van der Waals surface area contributed by atoms with Gasteiger partial charge < -0.3 is 0 Å². The maximum Gasteiger partial charge on any atom is 0.206 e. The summed E-state index contributed by atoms with van der Waals surface area (Å²) in [4.78, 5) is 4.64. The molecular weight excluding hydrogens is 418 g/mol. The summed E-state index contributed by atoms with van der Waals surface area (Å²) in [6.07, 6.45) is 0.830. The summed E-state index contributed by atoms with van der Waals surface area (Å²) >= 11 is 11.2. The largest absolute Gasteiger partial charge is 0.231 e. The van der Waals surface area contributed by atoms with Crippen LogP contribution in [0.3, 0.4) is 0 Å². The van der Waals surface area contributed by atoms with E-state index in [4.69, 9.17) is 16.7 Å². The monoisotopic (exact) mass is 431 g/mol. The Morgan fingerprint density at radius 1 is 1.20 bits per heavy atom. The quantitative estimate of drug-likeness (QED) is 0.491. The Kier molecular flexibility index (Phi) is 4.63. The molecule has 2 aromatic carbocycles. The van der Waals surface area contributed by atoms with E-state index in [0.717, 1.165) is 38.0 Å². The van der Waals surface area contributed by atoms with Crippen molar-refractivity contribution in [3.05, 3.63) is 80.2 Å². The van der Waals surface area contributed by atoms with E-state index >= 15 is 0 Å². The van der Waals surface area contributed by atoms with E-state index in [9.17, 15) is 0 Å². The van der Waals surface area contributed by atoms with Gasteiger partial charge in [-0.3, -0.25) is 0 Å². The van der Waals surface area contributed by atoms with Crippen LogP contribution in [0.25, 0.3) is 0 Å². The van der Waals surface area contributed by atoms with Gasteiger partial charge in [-0.2, -0.15) is 5.10 Å². The molecule has 3 nitrogen and oxygen atoms in total. The summed E-state index contributed by atoms with van der Waals surface area (Å²) in [6, 6.07) is 16.4. The smallest absolute Gasteiger partial charge is 0.206 e. The second kappa shape index (κ2) is 6.90. The first-order chi connectivity index (χ1) is 12.1.